The van der Waals surface area contributed by atoms with Gasteiger partial charge >= 0.3 is 0 Å². The van der Waals surface area contributed by atoms with Gasteiger partial charge in [-0.3, -0.25) is 4.79 Å². The molecule has 0 saturated carbocycles. The number of hydrogen-bond acceptors (Lipinski definition) is 6. The Labute approximate surface area is 157 Å². The number of anilines is 1. The van der Waals surface area contributed by atoms with Gasteiger partial charge in [-0.1, -0.05) is 23.5 Å². The summed E-state index contributed by atoms with van der Waals surface area (Å²) in [7, 11) is -3.54. The molecule has 7 nitrogen and oxygen atoms in total. The van der Waals surface area contributed by atoms with Crippen molar-refractivity contribution in [3.63, 3.8) is 0 Å². The molecule has 1 aliphatic heterocycles. The van der Waals surface area contributed by atoms with Crippen molar-refractivity contribution in [3.05, 3.63) is 34.3 Å². The van der Waals surface area contributed by atoms with Crippen molar-refractivity contribution < 1.29 is 13.2 Å². The van der Waals surface area contributed by atoms with Crippen LogP contribution in [0, 0.1) is 26.7 Å². The summed E-state index contributed by atoms with van der Waals surface area (Å²) in [4.78, 5) is 12.7. The average Bonchev–Trinajstić information content (AvgIpc) is 3.02. The molecule has 140 valence electrons. The fourth-order valence-electron chi connectivity index (χ4n) is 3.04. The monoisotopic (exact) mass is 394 g/mol. The minimum atomic E-state index is -3.54. The molecule has 1 aromatic heterocycles. The number of piperidine rings is 1. The summed E-state index contributed by atoms with van der Waals surface area (Å²) in [5, 5.41) is 11.8. The topological polar surface area (TPSA) is 92.3 Å². The summed E-state index contributed by atoms with van der Waals surface area (Å²) in [5.41, 5.74) is 1.65. The van der Waals surface area contributed by atoms with Crippen molar-refractivity contribution in [2.75, 3.05) is 18.4 Å². The van der Waals surface area contributed by atoms with Crippen LogP contribution in [0.3, 0.4) is 0 Å². The van der Waals surface area contributed by atoms with Crippen molar-refractivity contribution in [3.8, 4) is 0 Å². The average molecular weight is 395 g/mol. The molecular weight excluding hydrogens is 372 g/mol. The standard InChI is InChI=1S/C17H22N4O3S2/c1-11-4-5-12(2)15(10-11)26(23,24)21-8-6-14(7-9-21)16(22)18-17-20-19-13(3)25-17/h4-5,10,14H,6-9H2,1-3H3,(H,18,20,22). The molecule has 0 radical (unpaired) electrons. The summed E-state index contributed by atoms with van der Waals surface area (Å²) in [6.45, 7) is 6.18. The minimum absolute atomic E-state index is 0.120. The van der Waals surface area contributed by atoms with Crippen molar-refractivity contribution in [1.82, 2.24) is 14.5 Å². The molecule has 26 heavy (non-hydrogen) atoms. The SMILES string of the molecule is Cc1ccc(C)c(S(=O)(=O)N2CCC(C(=O)Nc3nnc(C)s3)CC2)c1. The number of benzene rings is 1. The predicted octanol–water partition coefficient (Wildman–Crippen LogP) is 2.50. The van der Waals surface area contributed by atoms with E-state index >= 15 is 0 Å². The Balaban J connectivity index is 1.66. The zero-order valence-electron chi connectivity index (χ0n) is 15.0. The number of sulfonamides is 1. The van der Waals surface area contributed by atoms with E-state index in [0.29, 0.717) is 36.0 Å². The third-order valence-corrected chi connectivity index (χ3v) is 7.34. The second kappa shape index (κ2) is 7.42. The van der Waals surface area contributed by atoms with Crippen LogP contribution in [0.25, 0.3) is 0 Å². The van der Waals surface area contributed by atoms with E-state index in [1.54, 1.807) is 13.0 Å². The number of hydrogen-bond donors (Lipinski definition) is 1. The minimum Gasteiger partial charge on any atom is -0.300 e. The molecule has 0 spiro atoms. The molecule has 0 bridgehead atoms. The Morgan fingerprint density at radius 1 is 1.19 bits per heavy atom. The van der Waals surface area contributed by atoms with Crippen molar-refractivity contribution in [1.29, 1.82) is 0 Å². The molecule has 1 fully saturated rings. The molecule has 3 rings (SSSR count). The van der Waals surface area contributed by atoms with Crippen LogP contribution >= 0.6 is 11.3 Å². The highest BCUT2D eigenvalue weighted by molar-refractivity contribution is 7.89. The van der Waals surface area contributed by atoms with Crippen molar-refractivity contribution in [2.45, 2.75) is 38.5 Å². The Morgan fingerprint density at radius 2 is 1.88 bits per heavy atom. The van der Waals surface area contributed by atoms with Crippen LogP contribution in [0.5, 0.6) is 0 Å². The van der Waals surface area contributed by atoms with Gasteiger partial charge in [0.15, 0.2) is 0 Å². The molecule has 0 aliphatic carbocycles. The highest BCUT2D eigenvalue weighted by atomic mass is 32.2. The molecule has 1 amide bonds. The maximum absolute atomic E-state index is 12.9. The van der Waals surface area contributed by atoms with Crippen LogP contribution in [0.4, 0.5) is 5.13 Å². The maximum atomic E-state index is 12.9. The van der Waals surface area contributed by atoms with Gasteiger partial charge in [0.1, 0.15) is 5.01 Å². The van der Waals surface area contributed by atoms with Gasteiger partial charge in [-0.05, 0) is 50.8 Å². The second-order valence-electron chi connectivity index (χ2n) is 6.56. The van der Waals surface area contributed by atoms with Gasteiger partial charge in [0.25, 0.3) is 0 Å². The predicted molar refractivity (Wildman–Crippen MR) is 101 cm³/mol. The number of aromatic nitrogens is 2. The second-order valence-corrected chi connectivity index (χ2v) is 9.65. The van der Waals surface area contributed by atoms with Gasteiger partial charge in [0, 0.05) is 19.0 Å². The molecule has 1 saturated heterocycles. The Kier molecular flexibility index (Phi) is 5.40. The molecule has 9 heteroatoms. The lowest BCUT2D eigenvalue weighted by Crippen LogP contribution is -2.41. The molecule has 1 N–H and O–H groups in total. The molecule has 1 aromatic carbocycles. The number of rotatable bonds is 4. The number of carbonyl (C=O) groups is 1. The largest absolute Gasteiger partial charge is 0.300 e. The number of carbonyl (C=O) groups excluding carboxylic acids is 1. The maximum Gasteiger partial charge on any atom is 0.243 e. The van der Waals surface area contributed by atoms with Gasteiger partial charge in [0.05, 0.1) is 4.90 Å². The van der Waals surface area contributed by atoms with Crippen LogP contribution in [0.1, 0.15) is 29.0 Å². The van der Waals surface area contributed by atoms with Gasteiger partial charge in [-0.2, -0.15) is 4.31 Å². The highest BCUT2D eigenvalue weighted by Crippen LogP contribution is 2.27. The first kappa shape index (κ1) is 18.9. The number of amides is 1. The quantitative estimate of drug-likeness (QED) is 0.860. The zero-order chi connectivity index (χ0) is 18.9. The summed E-state index contributed by atoms with van der Waals surface area (Å²) < 4.78 is 27.4. The normalized spacial score (nSPS) is 16.6. The van der Waals surface area contributed by atoms with E-state index in [-0.39, 0.29) is 11.8 Å². The van der Waals surface area contributed by atoms with Crippen LogP contribution in [0.2, 0.25) is 0 Å². The summed E-state index contributed by atoms with van der Waals surface area (Å²) in [5.74, 6) is -0.339. The first-order chi connectivity index (χ1) is 12.3. The zero-order valence-corrected chi connectivity index (χ0v) is 16.7. The molecule has 0 atom stereocenters. The Morgan fingerprint density at radius 3 is 2.50 bits per heavy atom. The molecule has 0 unspecified atom stereocenters. The third kappa shape index (κ3) is 3.94. The van der Waals surface area contributed by atoms with Gasteiger partial charge in [0.2, 0.25) is 21.1 Å². The van der Waals surface area contributed by atoms with Gasteiger partial charge in [-0.25, -0.2) is 8.42 Å². The molecule has 1 aliphatic rings. The smallest absolute Gasteiger partial charge is 0.243 e. The lowest BCUT2D eigenvalue weighted by molar-refractivity contribution is -0.120. The van der Waals surface area contributed by atoms with E-state index < -0.39 is 10.0 Å². The van der Waals surface area contributed by atoms with Crippen LogP contribution < -0.4 is 5.32 Å². The number of nitrogens with zero attached hydrogens (tertiary/aromatic N) is 3. The first-order valence-electron chi connectivity index (χ1n) is 8.46. The van der Waals surface area contributed by atoms with Crippen molar-refractivity contribution >= 4 is 32.4 Å². The van der Waals surface area contributed by atoms with E-state index in [4.69, 9.17) is 0 Å². The van der Waals surface area contributed by atoms with Crippen molar-refractivity contribution in [2.24, 2.45) is 5.92 Å². The molecule has 2 aromatic rings. The lowest BCUT2D eigenvalue weighted by atomic mass is 9.97. The lowest BCUT2D eigenvalue weighted by Gasteiger charge is -2.30. The van der Waals surface area contributed by atoms with E-state index in [9.17, 15) is 13.2 Å². The van der Waals surface area contributed by atoms with Gasteiger partial charge < -0.3 is 5.32 Å². The summed E-state index contributed by atoms with van der Waals surface area (Å²) in [6, 6.07) is 5.44. The highest BCUT2D eigenvalue weighted by Gasteiger charge is 2.33. The third-order valence-electron chi connectivity index (χ3n) is 4.54. The first-order valence-corrected chi connectivity index (χ1v) is 10.7. The number of nitrogens with one attached hydrogen (secondary N) is 1. The van der Waals surface area contributed by atoms with E-state index in [1.165, 1.54) is 15.6 Å². The van der Waals surface area contributed by atoms with Gasteiger partial charge in [-0.15, -0.1) is 10.2 Å². The van der Waals surface area contributed by atoms with E-state index in [2.05, 4.69) is 15.5 Å². The Hall–Kier alpha value is -1.84. The summed E-state index contributed by atoms with van der Waals surface area (Å²) >= 11 is 1.32. The van der Waals surface area contributed by atoms with E-state index in [0.717, 1.165) is 16.1 Å². The molecule has 2 heterocycles. The fraction of sp³-hybridized carbons (Fsp3) is 0.471. The van der Waals surface area contributed by atoms with Crippen LogP contribution in [-0.4, -0.2) is 41.9 Å². The van der Waals surface area contributed by atoms with E-state index in [1.807, 2.05) is 26.0 Å². The summed E-state index contributed by atoms with van der Waals surface area (Å²) in [6.07, 6.45) is 0.988. The van der Waals surface area contributed by atoms with Crippen LogP contribution in [0.15, 0.2) is 23.1 Å². The fourth-order valence-corrected chi connectivity index (χ4v) is 5.41. The van der Waals surface area contributed by atoms with Crippen LogP contribution in [-0.2, 0) is 14.8 Å². The Bertz CT molecular complexity index is 916. The number of aryl methyl sites for hydroxylation is 3. The molecular formula is C17H22N4O3S2.